The van der Waals surface area contributed by atoms with Crippen molar-refractivity contribution in [3.8, 4) is 0 Å². The second-order valence-electron chi connectivity index (χ2n) is 19.3. The van der Waals surface area contributed by atoms with Crippen molar-refractivity contribution in [1.29, 1.82) is 0 Å². The summed E-state index contributed by atoms with van der Waals surface area (Å²) in [6.07, 6.45) is -4.56. The third-order valence-electron chi connectivity index (χ3n) is 12.5. The van der Waals surface area contributed by atoms with Gasteiger partial charge in [0.1, 0.15) is 48.3 Å². The molecule has 83 heavy (non-hydrogen) atoms. The maximum absolute atomic E-state index is 14.3. The predicted octanol–water partition coefficient (Wildman–Crippen LogP) is -6.78. The van der Waals surface area contributed by atoms with Crippen LogP contribution in [0.4, 0.5) is 0 Å². The Hall–Kier alpha value is -8.76. The molecule has 0 bridgehead atoms. The van der Waals surface area contributed by atoms with Gasteiger partial charge in [-0.15, -0.1) is 0 Å². The molecule has 0 radical (unpaired) electrons. The molecular weight excluding hydrogens is 1110 g/mol. The zero-order valence-electron chi connectivity index (χ0n) is 46.6. The van der Waals surface area contributed by atoms with Crippen LogP contribution in [0.1, 0.15) is 118 Å². The standard InChI is InChI=1S/C48H81N15O20/c1-5-22(3)37(62-32(65)21-55-40(75)28(18-34(68)69)59-39(74)24(50)12-15-33(66)67)45(80)57-25(10-7-8-16-49)41(76)56-26(11-9-17-54-48(52)53)43(78)63-38(23(4)6-2)46(81)58-27(13-14-31(51)64)42(77)60-29(19-35(70)71)44(79)61-30(47(82)83)20-36(72)73/h22-30,37-38H,5-21,49-50H2,1-4H3,(H2,51,64)(H,55,75)(H,56,76)(H,57,80)(H,58,81)(H,59,74)(H,60,77)(H,61,79)(H,62,65)(H,63,78)(H,66,67)(H,68,69)(H,70,71)(H,72,73)(H,82,83)(H4,52,53,54)/t22-,23-,24-,25-,26-,27-,28-,29-,30-,37-,38-/m0/s1. The van der Waals surface area contributed by atoms with Crippen molar-refractivity contribution in [1.82, 2.24) is 47.9 Å². The molecular formula is C48H81N15O20. The van der Waals surface area contributed by atoms with Crippen LogP contribution in [0.15, 0.2) is 4.99 Å². The number of carboxylic acids is 5. The molecule has 0 aliphatic carbocycles. The number of primary amides is 1. The summed E-state index contributed by atoms with van der Waals surface area (Å²) in [5, 5.41) is 66.9. The summed E-state index contributed by atoms with van der Waals surface area (Å²) in [6.45, 7) is 5.62. The number of carbonyl (C=O) groups is 15. The number of carboxylic acid groups (broad SMARTS) is 5. The number of aliphatic carboxylic acids is 5. The van der Waals surface area contributed by atoms with Gasteiger partial charge in [0.2, 0.25) is 59.1 Å². The Kier molecular flexibility index (Phi) is 34.7. The number of rotatable bonds is 43. The second kappa shape index (κ2) is 38.8. The van der Waals surface area contributed by atoms with Gasteiger partial charge >= 0.3 is 29.8 Å². The minimum Gasteiger partial charge on any atom is -0.481 e. The van der Waals surface area contributed by atoms with Gasteiger partial charge in [0.05, 0.1) is 31.8 Å². The molecule has 0 aliphatic heterocycles. The van der Waals surface area contributed by atoms with Crippen LogP contribution in [0.3, 0.4) is 0 Å². The van der Waals surface area contributed by atoms with E-state index < -0.39 is 200 Å². The van der Waals surface area contributed by atoms with Crippen molar-refractivity contribution in [3.05, 3.63) is 0 Å². The van der Waals surface area contributed by atoms with Gasteiger partial charge in [-0.3, -0.25) is 72.1 Å². The summed E-state index contributed by atoms with van der Waals surface area (Å²) in [5.41, 5.74) is 27.7. The maximum atomic E-state index is 14.3. The van der Waals surface area contributed by atoms with Crippen LogP contribution in [0.2, 0.25) is 0 Å². The molecule has 0 spiro atoms. The Morgan fingerprint density at radius 3 is 1.31 bits per heavy atom. The van der Waals surface area contributed by atoms with Crippen molar-refractivity contribution in [2.45, 2.75) is 172 Å². The Morgan fingerprint density at radius 1 is 0.446 bits per heavy atom. The first-order valence-corrected chi connectivity index (χ1v) is 26.4. The summed E-state index contributed by atoms with van der Waals surface area (Å²) in [7, 11) is 0. The molecule has 11 atom stereocenters. The molecule has 0 unspecified atom stereocenters. The molecule has 0 heterocycles. The fraction of sp³-hybridized carbons (Fsp3) is 0.667. The highest BCUT2D eigenvalue weighted by Crippen LogP contribution is 2.14. The number of amides is 10. The Labute approximate surface area is 476 Å². The number of nitrogens with zero attached hydrogens (tertiary/aromatic N) is 1. The van der Waals surface area contributed by atoms with Crippen molar-refractivity contribution < 1.29 is 97.5 Å². The highest BCUT2D eigenvalue weighted by Gasteiger charge is 2.37. The van der Waals surface area contributed by atoms with Crippen LogP contribution in [0.25, 0.3) is 0 Å². The maximum Gasteiger partial charge on any atom is 0.326 e. The number of hydrogen-bond acceptors (Lipinski definition) is 18. The third-order valence-corrected chi connectivity index (χ3v) is 12.5. The molecule has 0 saturated carbocycles. The monoisotopic (exact) mass is 1190 g/mol. The van der Waals surface area contributed by atoms with Gasteiger partial charge in [0, 0.05) is 19.4 Å². The number of hydrogen-bond donors (Lipinski definition) is 19. The molecule has 0 aromatic carbocycles. The van der Waals surface area contributed by atoms with Crippen molar-refractivity contribution in [2.24, 2.45) is 45.5 Å². The van der Waals surface area contributed by atoms with Gasteiger partial charge in [0.25, 0.3) is 0 Å². The zero-order chi connectivity index (χ0) is 63.7. The van der Waals surface area contributed by atoms with Crippen molar-refractivity contribution in [3.63, 3.8) is 0 Å². The van der Waals surface area contributed by atoms with Crippen LogP contribution >= 0.6 is 0 Å². The van der Waals surface area contributed by atoms with Gasteiger partial charge in [-0.25, -0.2) is 4.79 Å². The summed E-state index contributed by atoms with van der Waals surface area (Å²) in [4.78, 5) is 195. The van der Waals surface area contributed by atoms with Crippen LogP contribution in [0.5, 0.6) is 0 Å². The van der Waals surface area contributed by atoms with E-state index in [0.717, 1.165) is 0 Å². The molecule has 0 fully saturated rings. The third kappa shape index (κ3) is 30.6. The highest BCUT2D eigenvalue weighted by molar-refractivity contribution is 5.99. The van der Waals surface area contributed by atoms with Crippen LogP contribution in [-0.2, 0) is 71.9 Å². The minimum absolute atomic E-state index is 0.0209. The molecule has 35 heteroatoms. The second-order valence-corrected chi connectivity index (χ2v) is 19.3. The van der Waals surface area contributed by atoms with E-state index in [1.165, 1.54) is 6.92 Å². The van der Waals surface area contributed by atoms with Crippen LogP contribution in [-0.4, -0.2) is 194 Å². The number of aliphatic imine (C=N–C) groups is 1. The van der Waals surface area contributed by atoms with Crippen LogP contribution < -0.4 is 76.5 Å². The largest absolute Gasteiger partial charge is 0.481 e. The normalized spacial score (nSPS) is 14.8. The van der Waals surface area contributed by atoms with E-state index in [-0.39, 0.29) is 64.0 Å². The van der Waals surface area contributed by atoms with E-state index in [4.69, 9.17) is 38.9 Å². The first-order chi connectivity index (χ1) is 38.8. The lowest BCUT2D eigenvalue weighted by Gasteiger charge is -2.30. The smallest absolute Gasteiger partial charge is 0.326 e. The van der Waals surface area contributed by atoms with Crippen molar-refractivity contribution in [2.75, 3.05) is 19.6 Å². The number of guanidine groups is 1. The predicted molar refractivity (Wildman–Crippen MR) is 288 cm³/mol. The summed E-state index contributed by atoms with van der Waals surface area (Å²) in [5.74, 6) is -20.5. The van der Waals surface area contributed by atoms with Gasteiger partial charge in [-0.1, -0.05) is 40.5 Å². The van der Waals surface area contributed by atoms with Crippen LogP contribution in [0, 0.1) is 11.8 Å². The quantitative estimate of drug-likeness (QED) is 0.0153. The SMILES string of the molecule is CC[C@H](C)[C@H](NC(=O)CNC(=O)[C@H](CC(=O)O)NC(=O)[C@@H](N)CCC(=O)O)C(=O)N[C@@H](CCCCN)C(=O)N[C@@H](CCCN=C(N)N)C(=O)N[C@H](C(=O)N[C@@H](CCC(N)=O)C(=O)N[C@@H](CC(=O)O)C(=O)N[C@@H](CC(=O)O)C(=O)O)[C@@H](C)CC. The molecule has 0 aromatic rings. The molecule has 468 valence electrons. The number of unbranched alkanes of at least 4 members (excludes halogenated alkanes) is 1. The summed E-state index contributed by atoms with van der Waals surface area (Å²) >= 11 is 0. The first kappa shape index (κ1) is 74.2. The zero-order valence-corrected chi connectivity index (χ0v) is 46.6. The van der Waals surface area contributed by atoms with Gasteiger partial charge < -0.3 is 102 Å². The lowest BCUT2D eigenvalue weighted by molar-refractivity contribution is -0.148. The molecule has 10 amide bonds. The molecule has 0 rings (SSSR count). The fourth-order valence-electron chi connectivity index (χ4n) is 7.43. The van der Waals surface area contributed by atoms with E-state index in [1.807, 2.05) is 5.32 Å². The van der Waals surface area contributed by atoms with E-state index in [2.05, 4.69) is 47.5 Å². The molecule has 0 saturated heterocycles. The lowest BCUT2D eigenvalue weighted by atomic mass is 9.96. The number of carbonyl (C=O) groups excluding carboxylic acids is 10. The number of nitrogens with one attached hydrogen (secondary N) is 9. The Bertz CT molecular complexity index is 2340. The lowest BCUT2D eigenvalue weighted by Crippen LogP contribution is -2.61. The molecule has 0 aromatic heterocycles. The highest BCUT2D eigenvalue weighted by atomic mass is 16.4. The minimum atomic E-state index is -2.07. The topological polar surface area (TPSA) is 608 Å². The van der Waals surface area contributed by atoms with E-state index in [9.17, 15) is 87.2 Å². The summed E-state index contributed by atoms with van der Waals surface area (Å²) < 4.78 is 0. The molecule has 24 N–H and O–H groups in total. The average molecular weight is 1190 g/mol. The first-order valence-electron chi connectivity index (χ1n) is 26.4. The Morgan fingerprint density at radius 2 is 0.855 bits per heavy atom. The molecule has 0 aliphatic rings. The molecule has 35 nitrogen and oxygen atoms in total. The van der Waals surface area contributed by atoms with E-state index in [1.54, 1.807) is 20.8 Å². The van der Waals surface area contributed by atoms with Gasteiger partial charge in [-0.2, -0.15) is 0 Å². The fourth-order valence-corrected chi connectivity index (χ4v) is 7.43. The van der Waals surface area contributed by atoms with Crippen molar-refractivity contribution >= 4 is 94.9 Å². The average Bonchev–Trinajstić information content (AvgIpc) is 3.42. The van der Waals surface area contributed by atoms with Gasteiger partial charge in [0.15, 0.2) is 5.96 Å². The Balaban J connectivity index is 6.89. The van der Waals surface area contributed by atoms with Gasteiger partial charge in [-0.05, 0) is 63.3 Å². The van der Waals surface area contributed by atoms with E-state index >= 15 is 0 Å². The van der Waals surface area contributed by atoms with E-state index in [0.29, 0.717) is 6.42 Å². The number of nitrogens with two attached hydrogens (primary N) is 5. The summed E-state index contributed by atoms with van der Waals surface area (Å²) in [6, 6.07) is -15.1.